The van der Waals surface area contributed by atoms with Gasteiger partial charge in [0.15, 0.2) is 5.65 Å². The molecule has 1 aromatic carbocycles. The van der Waals surface area contributed by atoms with Crippen LogP contribution in [0.1, 0.15) is 12.8 Å². The molecule has 0 unspecified atom stereocenters. The summed E-state index contributed by atoms with van der Waals surface area (Å²) in [6.45, 7) is 1.85. The molecule has 2 aliphatic rings. The summed E-state index contributed by atoms with van der Waals surface area (Å²) in [7, 11) is 0. The molecule has 27 heavy (non-hydrogen) atoms. The topological polar surface area (TPSA) is 62.9 Å². The highest BCUT2D eigenvalue weighted by Gasteiger charge is 2.43. The molecule has 0 bridgehead atoms. The first-order chi connectivity index (χ1) is 13.2. The molecule has 6 nitrogen and oxygen atoms in total. The Hall–Kier alpha value is -2.31. The number of aliphatic hydroxyl groups excluding tert-OH is 1. The number of ether oxygens (including phenoxy) is 1. The van der Waals surface area contributed by atoms with Gasteiger partial charge in [0.2, 0.25) is 0 Å². The zero-order valence-electron chi connectivity index (χ0n) is 14.8. The molecule has 7 heteroatoms. The maximum absolute atomic E-state index is 10.6. The lowest BCUT2D eigenvalue weighted by atomic mass is 9.78. The van der Waals surface area contributed by atoms with Gasteiger partial charge >= 0.3 is 0 Å². The maximum Gasteiger partial charge on any atom is 0.153 e. The zero-order chi connectivity index (χ0) is 18.4. The molecule has 3 heterocycles. The van der Waals surface area contributed by atoms with E-state index in [2.05, 4.69) is 15.0 Å². The largest absolute Gasteiger partial charge is 0.488 e. The van der Waals surface area contributed by atoms with E-state index in [4.69, 9.17) is 16.3 Å². The molecule has 3 aromatic rings. The van der Waals surface area contributed by atoms with Crippen LogP contribution in [0.15, 0.2) is 48.8 Å². The van der Waals surface area contributed by atoms with Gasteiger partial charge in [-0.3, -0.25) is 0 Å². The predicted molar refractivity (Wildman–Crippen MR) is 103 cm³/mol. The van der Waals surface area contributed by atoms with Crippen molar-refractivity contribution < 1.29 is 9.84 Å². The van der Waals surface area contributed by atoms with Crippen LogP contribution in [0.4, 0.5) is 5.82 Å². The average molecular weight is 385 g/mol. The molecule has 140 valence electrons. The van der Waals surface area contributed by atoms with Gasteiger partial charge in [0.25, 0.3) is 0 Å². The number of fused-ring (bicyclic) bond motifs is 2. The first-order valence-corrected chi connectivity index (χ1v) is 9.69. The third-order valence-corrected chi connectivity index (χ3v) is 5.97. The van der Waals surface area contributed by atoms with Crippen LogP contribution in [-0.4, -0.2) is 45.0 Å². The van der Waals surface area contributed by atoms with Crippen molar-refractivity contribution in [2.24, 2.45) is 11.8 Å². The highest BCUT2D eigenvalue weighted by Crippen LogP contribution is 2.39. The molecule has 0 amide bonds. The number of anilines is 1. The van der Waals surface area contributed by atoms with E-state index in [0.29, 0.717) is 22.6 Å². The fourth-order valence-corrected chi connectivity index (χ4v) is 4.57. The van der Waals surface area contributed by atoms with Crippen LogP contribution in [0.3, 0.4) is 0 Å². The van der Waals surface area contributed by atoms with Crippen molar-refractivity contribution in [3.8, 4) is 5.75 Å². The second-order valence-electron chi connectivity index (χ2n) is 7.50. The molecule has 1 aliphatic heterocycles. The quantitative estimate of drug-likeness (QED) is 0.752. The number of hydrogen-bond acceptors (Lipinski definition) is 5. The average Bonchev–Trinajstić information content (AvgIpc) is 3.27. The number of halogens is 1. The first kappa shape index (κ1) is 16.8. The van der Waals surface area contributed by atoms with Crippen molar-refractivity contribution in [2.45, 2.75) is 25.0 Å². The van der Waals surface area contributed by atoms with Crippen molar-refractivity contribution in [2.75, 3.05) is 18.0 Å². The van der Waals surface area contributed by atoms with Gasteiger partial charge in [0.1, 0.15) is 17.7 Å². The summed E-state index contributed by atoms with van der Waals surface area (Å²) in [6.07, 6.45) is 4.54. The van der Waals surface area contributed by atoms with Crippen LogP contribution in [0.2, 0.25) is 5.02 Å². The van der Waals surface area contributed by atoms with Crippen molar-refractivity contribution in [1.29, 1.82) is 0 Å². The van der Waals surface area contributed by atoms with Crippen LogP contribution in [0, 0.1) is 11.8 Å². The fraction of sp³-hybridized carbons (Fsp3) is 0.400. The minimum Gasteiger partial charge on any atom is -0.488 e. The minimum absolute atomic E-state index is 0.200. The Kier molecular flexibility index (Phi) is 4.17. The summed E-state index contributed by atoms with van der Waals surface area (Å²) in [6, 6.07) is 11.4. The Morgan fingerprint density at radius 1 is 1.11 bits per heavy atom. The van der Waals surface area contributed by atoms with Crippen molar-refractivity contribution in [3.63, 3.8) is 0 Å². The fourth-order valence-electron chi connectivity index (χ4n) is 4.39. The molecular formula is C20H21ClN4O2. The van der Waals surface area contributed by atoms with E-state index >= 15 is 0 Å². The second-order valence-corrected chi connectivity index (χ2v) is 7.94. The summed E-state index contributed by atoms with van der Waals surface area (Å²) in [4.78, 5) is 6.56. The van der Waals surface area contributed by atoms with Gasteiger partial charge in [-0.25, -0.2) is 9.50 Å². The molecule has 4 atom stereocenters. The van der Waals surface area contributed by atoms with Crippen molar-refractivity contribution in [1.82, 2.24) is 14.6 Å². The number of aromatic nitrogens is 3. The van der Waals surface area contributed by atoms with Crippen LogP contribution < -0.4 is 9.64 Å². The van der Waals surface area contributed by atoms with Gasteiger partial charge < -0.3 is 14.7 Å². The van der Waals surface area contributed by atoms with Gasteiger partial charge in [0.05, 0.1) is 6.10 Å². The van der Waals surface area contributed by atoms with E-state index < -0.39 is 6.10 Å². The van der Waals surface area contributed by atoms with E-state index in [-0.39, 0.29) is 6.10 Å². The van der Waals surface area contributed by atoms with Gasteiger partial charge in [-0.05, 0) is 55.0 Å². The normalized spacial score (nSPS) is 27.7. The van der Waals surface area contributed by atoms with Gasteiger partial charge in [-0.2, -0.15) is 0 Å². The number of rotatable bonds is 3. The van der Waals surface area contributed by atoms with Crippen LogP contribution in [0.25, 0.3) is 5.65 Å². The molecule has 0 spiro atoms. The third kappa shape index (κ3) is 3.24. The Morgan fingerprint density at radius 3 is 2.81 bits per heavy atom. The molecule has 1 saturated carbocycles. The SMILES string of the molecule is O[C@@H]1C[C@H]2CN(c3ccc4nccn4n3)C[C@H]2C[C@H]1Oc1cccc(Cl)c1. The van der Waals surface area contributed by atoms with Crippen LogP contribution in [-0.2, 0) is 0 Å². The monoisotopic (exact) mass is 384 g/mol. The number of hydrogen-bond donors (Lipinski definition) is 1. The maximum atomic E-state index is 10.6. The molecule has 2 aromatic heterocycles. The standard InChI is InChI=1S/C20H21ClN4O2/c21-15-2-1-3-16(10-15)27-18-9-14-12-24(11-13(14)8-17(18)26)20-5-4-19-22-6-7-25(19)23-20/h1-7,10,13-14,17-18,26H,8-9,11-12H2/t13-,14+,17+,18+/m0/s1. The van der Waals surface area contributed by atoms with E-state index in [0.717, 1.165) is 37.4 Å². The van der Waals surface area contributed by atoms with E-state index in [9.17, 15) is 5.11 Å². The van der Waals surface area contributed by atoms with Gasteiger partial charge in [-0.15, -0.1) is 5.10 Å². The number of imidazole rings is 1. The lowest BCUT2D eigenvalue weighted by Crippen LogP contribution is -2.42. The lowest BCUT2D eigenvalue weighted by molar-refractivity contribution is -0.0231. The van der Waals surface area contributed by atoms with Gasteiger partial charge in [-0.1, -0.05) is 17.7 Å². The molecule has 2 fully saturated rings. The number of aliphatic hydroxyl groups is 1. The minimum atomic E-state index is -0.464. The Morgan fingerprint density at radius 2 is 1.96 bits per heavy atom. The zero-order valence-corrected chi connectivity index (χ0v) is 15.5. The van der Waals surface area contributed by atoms with Crippen LogP contribution >= 0.6 is 11.6 Å². The molecular weight excluding hydrogens is 364 g/mol. The Balaban J connectivity index is 1.30. The summed E-state index contributed by atoms with van der Waals surface area (Å²) in [5.41, 5.74) is 0.848. The molecule has 1 saturated heterocycles. The van der Waals surface area contributed by atoms with Crippen molar-refractivity contribution in [3.05, 3.63) is 53.8 Å². The van der Waals surface area contributed by atoms with Crippen LogP contribution in [0.5, 0.6) is 5.75 Å². The van der Waals surface area contributed by atoms with Gasteiger partial charge in [0, 0.05) is 30.5 Å². The first-order valence-electron chi connectivity index (χ1n) is 9.31. The summed E-state index contributed by atoms with van der Waals surface area (Å²) >= 11 is 6.05. The smallest absolute Gasteiger partial charge is 0.153 e. The molecule has 5 rings (SSSR count). The highest BCUT2D eigenvalue weighted by molar-refractivity contribution is 6.30. The second kappa shape index (κ2) is 6.69. The van der Waals surface area contributed by atoms with E-state index in [1.165, 1.54) is 0 Å². The van der Waals surface area contributed by atoms with E-state index in [1.54, 1.807) is 16.8 Å². The summed E-state index contributed by atoms with van der Waals surface area (Å²) in [5.74, 6) is 2.61. The molecule has 1 aliphatic carbocycles. The predicted octanol–water partition coefficient (Wildman–Crippen LogP) is 3.04. The lowest BCUT2D eigenvalue weighted by Gasteiger charge is -2.35. The highest BCUT2D eigenvalue weighted by atomic mass is 35.5. The van der Waals surface area contributed by atoms with Crippen molar-refractivity contribution >= 4 is 23.1 Å². The Bertz CT molecular complexity index is 962. The van der Waals surface area contributed by atoms with E-state index in [1.807, 2.05) is 36.5 Å². The Labute approximate surface area is 162 Å². The third-order valence-electron chi connectivity index (χ3n) is 5.73. The molecule has 0 radical (unpaired) electrons. The summed E-state index contributed by atoms with van der Waals surface area (Å²) < 4.78 is 7.87. The number of benzene rings is 1. The molecule has 1 N–H and O–H groups in total. The summed E-state index contributed by atoms with van der Waals surface area (Å²) in [5, 5.41) is 15.9. The number of nitrogens with zero attached hydrogens (tertiary/aromatic N) is 4.